The van der Waals surface area contributed by atoms with Gasteiger partial charge >= 0.3 is 0 Å². The third-order valence-electron chi connectivity index (χ3n) is 3.88. The molecule has 0 spiro atoms. The van der Waals surface area contributed by atoms with Crippen LogP contribution in [0, 0.1) is 0 Å². The van der Waals surface area contributed by atoms with Gasteiger partial charge in [-0.05, 0) is 25.2 Å². The van der Waals surface area contributed by atoms with Gasteiger partial charge in [0.25, 0.3) is 0 Å². The van der Waals surface area contributed by atoms with Gasteiger partial charge in [-0.15, -0.1) is 11.3 Å². The van der Waals surface area contributed by atoms with Crippen molar-refractivity contribution in [2.75, 3.05) is 12.8 Å². The van der Waals surface area contributed by atoms with Crippen LogP contribution in [0.5, 0.6) is 0 Å². The summed E-state index contributed by atoms with van der Waals surface area (Å²) >= 11 is 3.61. The first-order valence-corrected chi connectivity index (χ1v) is 8.89. The molecule has 0 saturated heterocycles. The van der Waals surface area contributed by atoms with Crippen molar-refractivity contribution in [1.29, 1.82) is 0 Å². The molecule has 1 aromatic heterocycles. The van der Waals surface area contributed by atoms with Gasteiger partial charge in [0, 0.05) is 28.1 Å². The summed E-state index contributed by atoms with van der Waals surface area (Å²) in [7, 11) is 0. The molecule has 0 aliphatic heterocycles. The Morgan fingerprint density at radius 3 is 2.79 bits per heavy atom. The minimum atomic E-state index is -0.338. The van der Waals surface area contributed by atoms with Gasteiger partial charge in [0.15, 0.2) is 0 Å². The summed E-state index contributed by atoms with van der Waals surface area (Å²) in [6, 6.07) is 1.90. The molecule has 0 unspecified atom stereocenters. The van der Waals surface area contributed by atoms with Crippen molar-refractivity contribution in [2.24, 2.45) is 5.73 Å². The lowest BCUT2D eigenvalue weighted by molar-refractivity contribution is 0.100. The molecule has 0 aromatic carbocycles. The molecule has 19 heavy (non-hydrogen) atoms. The second-order valence-electron chi connectivity index (χ2n) is 5.22. The maximum atomic E-state index is 11.0. The van der Waals surface area contributed by atoms with Crippen LogP contribution < -0.4 is 11.1 Å². The smallest absolute Gasteiger partial charge is 0.249 e. The van der Waals surface area contributed by atoms with E-state index < -0.39 is 0 Å². The van der Waals surface area contributed by atoms with E-state index in [1.807, 2.05) is 23.2 Å². The Hall–Kier alpha value is -0.520. The van der Waals surface area contributed by atoms with Gasteiger partial charge in [-0.25, -0.2) is 0 Å². The molecule has 1 aliphatic rings. The molecule has 1 saturated carbocycles. The van der Waals surface area contributed by atoms with Crippen LogP contribution in [-0.2, 0) is 6.54 Å². The number of rotatable bonds is 6. The van der Waals surface area contributed by atoms with Gasteiger partial charge in [-0.2, -0.15) is 11.8 Å². The average molecular weight is 298 g/mol. The number of carbonyl (C=O) groups excluding carboxylic acids is 1. The van der Waals surface area contributed by atoms with Crippen LogP contribution in [0.15, 0.2) is 11.4 Å². The molecular formula is C14H22N2OS2. The highest BCUT2D eigenvalue weighted by Crippen LogP contribution is 2.38. The zero-order valence-corrected chi connectivity index (χ0v) is 13.0. The van der Waals surface area contributed by atoms with Gasteiger partial charge in [0.1, 0.15) is 0 Å². The van der Waals surface area contributed by atoms with Gasteiger partial charge in [-0.3, -0.25) is 4.79 Å². The van der Waals surface area contributed by atoms with E-state index in [4.69, 9.17) is 5.73 Å². The van der Waals surface area contributed by atoms with Crippen LogP contribution in [0.1, 0.15) is 47.3 Å². The summed E-state index contributed by atoms with van der Waals surface area (Å²) < 4.78 is 0.419. The first-order valence-electron chi connectivity index (χ1n) is 6.78. The quantitative estimate of drug-likeness (QED) is 0.849. The van der Waals surface area contributed by atoms with Gasteiger partial charge in [0.05, 0.1) is 5.56 Å². The second-order valence-corrected chi connectivity index (χ2v) is 7.49. The first-order chi connectivity index (χ1) is 9.15. The van der Waals surface area contributed by atoms with Gasteiger partial charge in [-0.1, -0.05) is 19.3 Å². The van der Waals surface area contributed by atoms with Crippen molar-refractivity contribution in [3.8, 4) is 0 Å². The minimum absolute atomic E-state index is 0.338. The summed E-state index contributed by atoms with van der Waals surface area (Å²) in [6.45, 7) is 1.89. The van der Waals surface area contributed by atoms with E-state index in [0.29, 0.717) is 10.3 Å². The van der Waals surface area contributed by atoms with E-state index in [2.05, 4.69) is 11.6 Å². The second kappa shape index (κ2) is 6.77. The van der Waals surface area contributed by atoms with E-state index in [-0.39, 0.29) is 5.91 Å². The summed E-state index contributed by atoms with van der Waals surface area (Å²) in [6.07, 6.45) is 8.95. The molecule has 5 heteroatoms. The monoisotopic (exact) mass is 298 g/mol. The molecule has 0 radical (unpaired) electrons. The van der Waals surface area contributed by atoms with E-state index in [1.165, 1.54) is 37.0 Å². The molecule has 0 bridgehead atoms. The summed E-state index contributed by atoms with van der Waals surface area (Å²) in [4.78, 5) is 12.2. The van der Waals surface area contributed by atoms with Crippen LogP contribution in [0.4, 0.5) is 0 Å². The number of nitrogens with two attached hydrogens (primary N) is 1. The van der Waals surface area contributed by atoms with Gasteiger partial charge in [0.2, 0.25) is 5.91 Å². The first kappa shape index (κ1) is 14.9. The molecule has 3 N–H and O–H groups in total. The zero-order valence-electron chi connectivity index (χ0n) is 11.4. The largest absolute Gasteiger partial charge is 0.366 e. The number of nitrogens with one attached hydrogen (secondary N) is 1. The molecule has 1 fully saturated rings. The number of carbonyl (C=O) groups is 1. The Balaban J connectivity index is 1.82. The van der Waals surface area contributed by atoms with Crippen molar-refractivity contribution < 1.29 is 4.79 Å². The Morgan fingerprint density at radius 1 is 1.47 bits per heavy atom. The highest BCUT2D eigenvalue weighted by molar-refractivity contribution is 8.00. The van der Waals surface area contributed by atoms with Crippen LogP contribution in [0.2, 0.25) is 0 Å². The predicted octanol–water partition coefficient (Wildman–Crippen LogP) is 3.00. The third-order valence-corrected chi connectivity index (χ3v) is 6.24. The number of thiophene rings is 1. The Morgan fingerprint density at radius 2 is 2.21 bits per heavy atom. The topological polar surface area (TPSA) is 55.1 Å². The molecule has 0 atom stereocenters. The normalized spacial score (nSPS) is 18.4. The number of hydrogen-bond donors (Lipinski definition) is 2. The molecule has 1 aliphatic carbocycles. The van der Waals surface area contributed by atoms with E-state index >= 15 is 0 Å². The lowest BCUT2D eigenvalue weighted by Gasteiger charge is -2.36. The van der Waals surface area contributed by atoms with Crippen molar-refractivity contribution in [1.82, 2.24) is 5.32 Å². The summed E-state index contributed by atoms with van der Waals surface area (Å²) in [5.74, 6) is -0.338. The van der Waals surface area contributed by atoms with E-state index in [1.54, 1.807) is 11.3 Å². The number of primary amides is 1. The fraction of sp³-hybridized carbons (Fsp3) is 0.643. The fourth-order valence-electron chi connectivity index (χ4n) is 2.67. The Labute approximate surface area is 123 Å². The highest BCUT2D eigenvalue weighted by Gasteiger charge is 2.30. The predicted molar refractivity (Wildman–Crippen MR) is 83.9 cm³/mol. The van der Waals surface area contributed by atoms with E-state index in [9.17, 15) is 4.79 Å². The van der Waals surface area contributed by atoms with Crippen molar-refractivity contribution in [3.63, 3.8) is 0 Å². The van der Waals surface area contributed by atoms with E-state index in [0.717, 1.165) is 13.1 Å². The third kappa shape index (κ3) is 3.97. The molecule has 3 nitrogen and oxygen atoms in total. The van der Waals surface area contributed by atoms with Crippen LogP contribution in [0.3, 0.4) is 0 Å². The molecule has 1 aromatic rings. The average Bonchev–Trinajstić information content (AvgIpc) is 2.89. The van der Waals surface area contributed by atoms with Crippen molar-refractivity contribution in [2.45, 2.75) is 43.4 Å². The minimum Gasteiger partial charge on any atom is -0.366 e. The SMILES string of the molecule is CSC1(CNCc2cc(C(N)=O)cs2)CCCCC1. The number of hydrogen-bond acceptors (Lipinski definition) is 4. The van der Waals surface area contributed by atoms with Crippen LogP contribution in [0.25, 0.3) is 0 Å². The maximum absolute atomic E-state index is 11.0. The standard InChI is InChI=1S/C14H22N2OS2/c1-18-14(5-3-2-4-6-14)10-16-8-12-7-11(9-19-12)13(15)17/h7,9,16H,2-6,8,10H2,1H3,(H2,15,17). The molecule has 106 valence electrons. The lowest BCUT2D eigenvalue weighted by atomic mass is 9.88. The van der Waals surface area contributed by atoms with Crippen LogP contribution in [-0.4, -0.2) is 23.5 Å². The number of thioether (sulfide) groups is 1. The molecule has 1 heterocycles. The molecule has 2 rings (SSSR count). The van der Waals surface area contributed by atoms with Crippen molar-refractivity contribution in [3.05, 3.63) is 21.9 Å². The summed E-state index contributed by atoms with van der Waals surface area (Å²) in [5.41, 5.74) is 5.88. The Kier molecular flexibility index (Phi) is 5.30. The fourth-order valence-corrected chi connectivity index (χ4v) is 4.45. The molecule has 1 amide bonds. The Bertz CT molecular complexity index is 425. The van der Waals surface area contributed by atoms with Crippen molar-refractivity contribution >= 4 is 29.0 Å². The number of amides is 1. The lowest BCUT2D eigenvalue weighted by Crippen LogP contribution is -2.38. The maximum Gasteiger partial charge on any atom is 0.249 e. The zero-order chi connectivity index (χ0) is 13.7. The highest BCUT2D eigenvalue weighted by atomic mass is 32.2. The van der Waals surface area contributed by atoms with Gasteiger partial charge < -0.3 is 11.1 Å². The van der Waals surface area contributed by atoms with Crippen LogP contribution >= 0.6 is 23.1 Å². The summed E-state index contributed by atoms with van der Waals surface area (Å²) in [5, 5.41) is 5.39. The molecular weight excluding hydrogens is 276 g/mol.